The van der Waals surface area contributed by atoms with E-state index >= 15 is 0 Å². The summed E-state index contributed by atoms with van der Waals surface area (Å²) < 4.78 is 11.7. The van der Waals surface area contributed by atoms with Crippen LogP contribution >= 0.6 is 0 Å². The first kappa shape index (κ1) is 18.9. The lowest BCUT2D eigenvalue weighted by Crippen LogP contribution is -2.54. The van der Waals surface area contributed by atoms with Gasteiger partial charge in [0.1, 0.15) is 0 Å². The van der Waals surface area contributed by atoms with E-state index < -0.39 is 11.2 Å². The first-order valence-corrected chi connectivity index (χ1v) is 9.64. The maximum atomic E-state index is 11.9. The summed E-state index contributed by atoms with van der Waals surface area (Å²) in [6.07, 6.45) is 7.53. The molecule has 5 atom stereocenters. The van der Waals surface area contributed by atoms with Crippen LogP contribution in [0.5, 0.6) is 0 Å². The van der Waals surface area contributed by atoms with Gasteiger partial charge in [-0.3, -0.25) is 4.79 Å². The van der Waals surface area contributed by atoms with Gasteiger partial charge in [-0.05, 0) is 77.2 Å². The molecule has 4 nitrogen and oxygen atoms in total. The van der Waals surface area contributed by atoms with Crippen LogP contribution in [0.4, 0.5) is 0 Å². The molecule has 142 valence electrons. The van der Waals surface area contributed by atoms with Gasteiger partial charge in [-0.1, -0.05) is 13.0 Å². The smallest absolute Gasteiger partial charge is 0.308 e. The summed E-state index contributed by atoms with van der Waals surface area (Å²) >= 11 is 0. The number of ether oxygens (including phenoxy) is 2. The number of fused-ring (bicyclic) bond motifs is 2. The molecule has 0 radical (unpaired) electrons. The molecule has 4 heteroatoms. The molecule has 1 spiro atoms. The van der Waals surface area contributed by atoms with E-state index in [2.05, 4.69) is 19.9 Å². The molecule has 1 N–H and O–H groups in total. The zero-order valence-corrected chi connectivity index (χ0v) is 16.6. The van der Waals surface area contributed by atoms with Crippen molar-refractivity contribution in [2.45, 2.75) is 89.9 Å². The molecule has 0 bridgehead atoms. The maximum absolute atomic E-state index is 11.9. The number of hydrogen-bond acceptors (Lipinski definition) is 4. The Morgan fingerprint density at radius 2 is 2.04 bits per heavy atom. The molecule has 1 saturated heterocycles. The van der Waals surface area contributed by atoms with Crippen LogP contribution in [0.15, 0.2) is 11.6 Å². The molecular weight excluding hydrogens is 316 g/mol. The Labute approximate surface area is 152 Å². The molecule has 1 saturated carbocycles. The number of esters is 1. The Morgan fingerprint density at radius 3 is 2.64 bits per heavy atom. The Kier molecular flexibility index (Phi) is 4.40. The van der Waals surface area contributed by atoms with E-state index in [1.807, 2.05) is 20.8 Å². The first-order valence-electron chi connectivity index (χ1n) is 9.64. The third-order valence-corrected chi connectivity index (χ3v) is 7.60. The van der Waals surface area contributed by atoms with Crippen molar-refractivity contribution in [2.75, 3.05) is 7.11 Å². The molecule has 1 aliphatic heterocycles. The number of methoxy groups -OCH3 is 1. The summed E-state index contributed by atoms with van der Waals surface area (Å²) in [5.41, 5.74) is -0.157. The lowest BCUT2D eigenvalue weighted by Gasteiger charge is -2.53. The van der Waals surface area contributed by atoms with E-state index in [4.69, 9.17) is 9.47 Å². The van der Waals surface area contributed by atoms with Crippen molar-refractivity contribution in [2.24, 2.45) is 17.3 Å². The molecule has 0 aromatic rings. The highest BCUT2D eigenvalue weighted by Gasteiger charge is 2.65. The molecular formula is C21H34O4. The predicted octanol–water partition coefficient (Wildman–Crippen LogP) is 4.01. The monoisotopic (exact) mass is 350 g/mol. The lowest BCUT2D eigenvalue weighted by atomic mass is 9.57. The zero-order valence-electron chi connectivity index (χ0n) is 16.6. The van der Waals surface area contributed by atoms with Crippen molar-refractivity contribution in [3.63, 3.8) is 0 Å². The zero-order chi connectivity index (χ0) is 18.7. The van der Waals surface area contributed by atoms with Gasteiger partial charge in [0, 0.05) is 5.41 Å². The normalized spacial score (nSPS) is 43.9. The second kappa shape index (κ2) is 5.82. The van der Waals surface area contributed by atoms with Crippen LogP contribution in [-0.2, 0) is 14.3 Å². The van der Waals surface area contributed by atoms with Crippen LogP contribution < -0.4 is 0 Å². The standard InChI is InChI=1S/C21H34O4/c1-14-7-8-16-15(18(2,3)23)9-10-20(16,5)21(14)12-11-19(4,25-21)13-17(22)24-6/h7,15-16,23H,8-13H2,1-6H3/t15-,16-,19-,20-,21+/m0/s1. The van der Waals surface area contributed by atoms with Gasteiger partial charge >= 0.3 is 5.97 Å². The van der Waals surface area contributed by atoms with Gasteiger partial charge in [0.25, 0.3) is 0 Å². The van der Waals surface area contributed by atoms with Gasteiger partial charge < -0.3 is 14.6 Å². The van der Waals surface area contributed by atoms with Gasteiger partial charge in [0.2, 0.25) is 0 Å². The van der Waals surface area contributed by atoms with Crippen molar-refractivity contribution in [1.29, 1.82) is 0 Å². The number of carbonyl (C=O) groups is 1. The molecule has 0 aromatic heterocycles. The highest BCUT2D eigenvalue weighted by atomic mass is 16.5. The molecule has 3 rings (SSSR count). The van der Waals surface area contributed by atoms with E-state index in [1.54, 1.807) is 0 Å². The van der Waals surface area contributed by atoms with Crippen LogP contribution in [0.25, 0.3) is 0 Å². The Hall–Kier alpha value is -0.870. The number of hydrogen-bond donors (Lipinski definition) is 1. The van der Waals surface area contributed by atoms with Crippen molar-refractivity contribution >= 4 is 5.97 Å². The Morgan fingerprint density at radius 1 is 1.36 bits per heavy atom. The highest BCUT2D eigenvalue weighted by molar-refractivity contribution is 5.70. The molecule has 1 heterocycles. The third kappa shape index (κ3) is 2.76. The molecule has 0 unspecified atom stereocenters. The van der Waals surface area contributed by atoms with E-state index in [0.717, 1.165) is 32.1 Å². The average molecular weight is 350 g/mol. The van der Waals surface area contributed by atoms with Gasteiger partial charge in [-0.2, -0.15) is 0 Å². The van der Waals surface area contributed by atoms with E-state index in [9.17, 15) is 9.90 Å². The second-order valence-electron chi connectivity index (χ2n) is 9.58. The van der Waals surface area contributed by atoms with E-state index in [0.29, 0.717) is 12.3 Å². The van der Waals surface area contributed by atoms with Crippen LogP contribution in [0.1, 0.15) is 73.1 Å². The second-order valence-corrected chi connectivity index (χ2v) is 9.58. The van der Waals surface area contributed by atoms with Crippen LogP contribution in [-0.4, -0.2) is 35.0 Å². The number of rotatable bonds is 3. The minimum atomic E-state index is -0.670. The number of allylic oxidation sites excluding steroid dienone is 1. The average Bonchev–Trinajstić information content (AvgIpc) is 3.04. The Bertz CT molecular complexity index is 589. The summed E-state index contributed by atoms with van der Waals surface area (Å²) in [5.74, 6) is 0.492. The largest absolute Gasteiger partial charge is 0.469 e. The SMILES string of the molecule is COC(=O)C[C@]1(C)CC[C@@]2(O1)C(C)=CC[C@H]1[C@@H](C(C)(C)O)CC[C@@]12C. The fourth-order valence-corrected chi connectivity index (χ4v) is 6.12. The third-order valence-electron chi connectivity index (χ3n) is 7.60. The van der Waals surface area contributed by atoms with Gasteiger partial charge in [-0.25, -0.2) is 0 Å². The summed E-state index contributed by atoms with van der Waals surface area (Å²) in [4.78, 5) is 11.9. The maximum Gasteiger partial charge on any atom is 0.308 e. The highest BCUT2D eigenvalue weighted by Crippen LogP contribution is 2.66. The van der Waals surface area contributed by atoms with Crippen LogP contribution in [0, 0.1) is 17.3 Å². The first-order chi connectivity index (χ1) is 11.5. The fraction of sp³-hybridized carbons (Fsp3) is 0.857. The fourth-order valence-electron chi connectivity index (χ4n) is 6.12. The van der Waals surface area contributed by atoms with E-state index in [-0.39, 0.29) is 22.9 Å². The summed E-state index contributed by atoms with van der Waals surface area (Å²) in [5, 5.41) is 10.7. The van der Waals surface area contributed by atoms with E-state index in [1.165, 1.54) is 12.7 Å². The molecule has 2 aliphatic carbocycles. The predicted molar refractivity (Wildman–Crippen MR) is 97.1 cm³/mol. The summed E-state index contributed by atoms with van der Waals surface area (Å²) in [6.45, 7) is 10.5. The number of aliphatic hydroxyl groups is 1. The molecule has 0 aromatic carbocycles. The van der Waals surface area contributed by atoms with Crippen molar-refractivity contribution in [1.82, 2.24) is 0 Å². The topological polar surface area (TPSA) is 55.8 Å². The van der Waals surface area contributed by atoms with Gasteiger partial charge in [0.15, 0.2) is 0 Å². The van der Waals surface area contributed by atoms with Gasteiger partial charge in [0.05, 0.1) is 30.3 Å². The van der Waals surface area contributed by atoms with Crippen LogP contribution in [0.3, 0.4) is 0 Å². The van der Waals surface area contributed by atoms with Crippen molar-refractivity contribution < 1.29 is 19.4 Å². The minimum Gasteiger partial charge on any atom is -0.469 e. The molecule has 0 amide bonds. The lowest BCUT2D eigenvalue weighted by molar-refractivity contribution is -0.172. The summed E-state index contributed by atoms with van der Waals surface area (Å²) in [6, 6.07) is 0. The van der Waals surface area contributed by atoms with Crippen LogP contribution in [0.2, 0.25) is 0 Å². The molecule has 2 fully saturated rings. The van der Waals surface area contributed by atoms with Crippen molar-refractivity contribution in [3.8, 4) is 0 Å². The quantitative estimate of drug-likeness (QED) is 0.617. The molecule has 3 aliphatic rings. The molecule has 25 heavy (non-hydrogen) atoms. The van der Waals surface area contributed by atoms with Crippen molar-refractivity contribution in [3.05, 3.63) is 11.6 Å². The summed E-state index contributed by atoms with van der Waals surface area (Å²) in [7, 11) is 1.43. The minimum absolute atomic E-state index is 0.00434. The van der Waals surface area contributed by atoms with Gasteiger partial charge in [-0.15, -0.1) is 0 Å². The number of carbonyl (C=O) groups excluding carboxylic acids is 1. The Balaban J connectivity index is 1.95.